The molecule has 2 atom stereocenters. The molecule has 43 heavy (non-hydrogen) atoms. The number of hydrogen-bond donors (Lipinski definition) is 3. The summed E-state index contributed by atoms with van der Waals surface area (Å²) in [4.78, 5) is 35.8. The Morgan fingerprint density at radius 2 is 1.44 bits per heavy atom. The molecular weight excluding hydrogens is 617 g/mol. The van der Waals surface area contributed by atoms with Gasteiger partial charge in [-0.2, -0.15) is 39.5 Å². The van der Waals surface area contributed by atoms with Crippen molar-refractivity contribution in [2.75, 3.05) is 46.9 Å². The second kappa shape index (κ2) is 17.2. The smallest absolute Gasteiger partial charge is 0.475 e. The summed E-state index contributed by atoms with van der Waals surface area (Å²) >= 11 is 0. The fourth-order valence-corrected chi connectivity index (χ4v) is 3.49. The van der Waals surface area contributed by atoms with E-state index < -0.39 is 36.4 Å². The Kier molecular flexibility index (Phi) is 15.9. The lowest BCUT2D eigenvalue weighted by Crippen LogP contribution is -2.45. The van der Waals surface area contributed by atoms with Crippen molar-refractivity contribution in [3.05, 3.63) is 30.1 Å². The summed E-state index contributed by atoms with van der Waals surface area (Å²) in [5.41, 5.74) is 0.980. The number of likely N-dealkylation sites (N-methyl/N-ethyl adjacent to an activating group) is 1. The van der Waals surface area contributed by atoms with Gasteiger partial charge in [-0.1, -0.05) is 6.07 Å². The number of pyridine rings is 1. The maximum atomic E-state index is 10.6. The average Bonchev–Trinajstić information content (AvgIpc) is 3.11. The fourth-order valence-electron chi connectivity index (χ4n) is 3.49. The van der Waals surface area contributed by atoms with Crippen molar-refractivity contribution < 1.29 is 78.7 Å². The number of carbonyl (C=O) groups is 3. The summed E-state index contributed by atoms with van der Waals surface area (Å²) in [6, 6.07) is 6.09. The van der Waals surface area contributed by atoms with Gasteiger partial charge in [0, 0.05) is 32.4 Å². The number of carboxylic acid groups (broad SMARTS) is 3. The summed E-state index contributed by atoms with van der Waals surface area (Å²) < 4.78 is 107. The molecule has 1 aromatic rings. The third kappa shape index (κ3) is 17.5. The molecule has 2 unspecified atom stereocenters. The van der Waals surface area contributed by atoms with Crippen molar-refractivity contribution in [2.45, 2.75) is 49.6 Å². The molecule has 1 spiro atoms. The molecule has 0 amide bonds. The zero-order valence-corrected chi connectivity index (χ0v) is 22.7. The number of aromatic nitrogens is 1. The topological polar surface area (TPSA) is 150 Å². The van der Waals surface area contributed by atoms with E-state index in [0.717, 1.165) is 57.9 Å². The molecule has 3 heterocycles. The van der Waals surface area contributed by atoms with E-state index in [0.29, 0.717) is 6.10 Å². The highest BCUT2D eigenvalue weighted by atomic mass is 19.4. The first-order valence-corrected chi connectivity index (χ1v) is 11.9. The van der Waals surface area contributed by atoms with Gasteiger partial charge in [-0.3, -0.25) is 9.88 Å². The van der Waals surface area contributed by atoms with Crippen LogP contribution in [0, 0.1) is 0 Å². The lowest BCUT2D eigenvalue weighted by molar-refractivity contribution is -0.193. The first-order valence-electron chi connectivity index (χ1n) is 11.9. The number of alkyl halides is 9. The van der Waals surface area contributed by atoms with Crippen LogP contribution in [-0.4, -0.2) is 125 Å². The van der Waals surface area contributed by atoms with Gasteiger partial charge in [0.2, 0.25) is 0 Å². The largest absolute Gasteiger partial charge is 0.490 e. The quantitative estimate of drug-likeness (QED) is 0.414. The van der Waals surface area contributed by atoms with E-state index in [1.807, 2.05) is 18.3 Å². The highest BCUT2D eigenvalue weighted by Crippen LogP contribution is 2.33. The SMILES string of the molecule is CN(C)CC1CCC2(COCCN(Cc3ccccn3)C2)O1.O=C(O)C(F)(F)F.O=C(O)C(F)(F)F.O=C(O)C(F)(F)F. The monoisotopic (exact) mass is 647 g/mol. The van der Waals surface area contributed by atoms with Gasteiger partial charge >= 0.3 is 36.4 Å². The maximum Gasteiger partial charge on any atom is 0.490 e. The van der Waals surface area contributed by atoms with Crippen LogP contribution in [-0.2, 0) is 30.4 Å². The summed E-state index contributed by atoms with van der Waals surface area (Å²) in [5.74, 6) is -8.27. The van der Waals surface area contributed by atoms with Crippen molar-refractivity contribution in [3.8, 4) is 0 Å². The van der Waals surface area contributed by atoms with Gasteiger partial charge in [0.15, 0.2) is 0 Å². The molecular formula is C23H30F9N3O8. The van der Waals surface area contributed by atoms with E-state index in [4.69, 9.17) is 39.2 Å². The van der Waals surface area contributed by atoms with E-state index in [1.54, 1.807) is 0 Å². The first kappa shape index (κ1) is 39.8. The molecule has 0 saturated carbocycles. The second-order valence-electron chi connectivity index (χ2n) is 9.22. The predicted octanol–water partition coefficient (Wildman–Crippen LogP) is 3.29. The van der Waals surface area contributed by atoms with Crippen molar-refractivity contribution in [1.82, 2.24) is 14.8 Å². The number of nitrogens with zero attached hydrogens (tertiary/aromatic N) is 3. The van der Waals surface area contributed by atoms with Crippen LogP contribution in [0.5, 0.6) is 0 Å². The molecule has 0 radical (unpaired) electrons. The van der Waals surface area contributed by atoms with Gasteiger partial charge in [0.1, 0.15) is 5.60 Å². The molecule has 2 fully saturated rings. The fraction of sp³-hybridized carbons (Fsp3) is 0.652. The number of halogens is 9. The zero-order chi connectivity index (χ0) is 33.6. The van der Waals surface area contributed by atoms with Crippen molar-refractivity contribution in [2.24, 2.45) is 0 Å². The summed E-state index contributed by atoms with van der Waals surface area (Å²) in [6.07, 6.45) is -10.9. The van der Waals surface area contributed by atoms with Gasteiger partial charge < -0.3 is 29.7 Å². The normalized spacial score (nSPS) is 20.9. The van der Waals surface area contributed by atoms with Crippen LogP contribution in [0.3, 0.4) is 0 Å². The lowest BCUT2D eigenvalue weighted by atomic mass is 10.00. The van der Waals surface area contributed by atoms with Crippen molar-refractivity contribution in [1.29, 1.82) is 0 Å². The van der Waals surface area contributed by atoms with Gasteiger partial charge in [-0.25, -0.2) is 14.4 Å². The minimum absolute atomic E-state index is 0.133. The molecule has 11 nitrogen and oxygen atoms in total. The highest BCUT2D eigenvalue weighted by Gasteiger charge is 2.43. The number of ether oxygens (including phenoxy) is 2. The molecule has 1 aromatic heterocycles. The number of hydrogen-bond acceptors (Lipinski definition) is 8. The van der Waals surface area contributed by atoms with Gasteiger partial charge in [0.05, 0.1) is 25.0 Å². The molecule has 2 aliphatic rings. The first-order chi connectivity index (χ1) is 19.5. The zero-order valence-electron chi connectivity index (χ0n) is 22.7. The second-order valence-corrected chi connectivity index (χ2v) is 9.22. The lowest BCUT2D eigenvalue weighted by Gasteiger charge is -2.32. The Morgan fingerprint density at radius 3 is 1.84 bits per heavy atom. The van der Waals surface area contributed by atoms with Crippen LogP contribution in [0.2, 0.25) is 0 Å². The maximum absolute atomic E-state index is 10.6. The molecule has 3 N–H and O–H groups in total. The van der Waals surface area contributed by atoms with Crippen LogP contribution in [0.25, 0.3) is 0 Å². The van der Waals surface area contributed by atoms with E-state index in [2.05, 4.69) is 34.9 Å². The number of aliphatic carboxylic acids is 3. The molecule has 248 valence electrons. The predicted molar refractivity (Wildman–Crippen MR) is 127 cm³/mol. The Morgan fingerprint density at radius 1 is 0.953 bits per heavy atom. The van der Waals surface area contributed by atoms with Crippen LogP contribution < -0.4 is 0 Å². The van der Waals surface area contributed by atoms with E-state index in [1.165, 1.54) is 0 Å². The number of rotatable bonds is 4. The molecule has 2 saturated heterocycles. The van der Waals surface area contributed by atoms with Crippen LogP contribution in [0.1, 0.15) is 18.5 Å². The molecule has 0 aromatic carbocycles. The van der Waals surface area contributed by atoms with E-state index >= 15 is 0 Å². The van der Waals surface area contributed by atoms with Gasteiger partial charge in [0.25, 0.3) is 0 Å². The Bertz CT molecular complexity index is 951. The van der Waals surface area contributed by atoms with E-state index in [9.17, 15) is 39.5 Å². The van der Waals surface area contributed by atoms with Crippen molar-refractivity contribution in [3.63, 3.8) is 0 Å². The number of carboxylic acids is 3. The molecule has 0 bridgehead atoms. The van der Waals surface area contributed by atoms with Gasteiger partial charge in [-0.15, -0.1) is 0 Å². The molecule has 2 aliphatic heterocycles. The molecule has 20 heteroatoms. The Labute approximate surface area is 238 Å². The van der Waals surface area contributed by atoms with E-state index in [-0.39, 0.29) is 5.60 Å². The van der Waals surface area contributed by atoms with Crippen molar-refractivity contribution >= 4 is 17.9 Å². The third-order valence-corrected chi connectivity index (χ3v) is 5.18. The third-order valence-electron chi connectivity index (χ3n) is 5.18. The Hall–Kier alpha value is -3.23. The molecule has 3 rings (SSSR count). The summed E-state index contributed by atoms with van der Waals surface area (Å²) in [6.45, 7) is 5.23. The van der Waals surface area contributed by atoms with Crippen LogP contribution in [0.4, 0.5) is 39.5 Å². The van der Waals surface area contributed by atoms with Gasteiger partial charge in [-0.05, 0) is 39.1 Å². The Balaban J connectivity index is 0.000000690. The van der Waals surface area contributed by atoms with Crippen LogP contribution in [0.15, 0.2) is 24.4 Å². The minimum Gasteiger partial charge on any atom is -0.475 e. The van der Waals surface area contributed by atoms with Crippen LogP contribution >= 0.6 is 0 Å². The summed E-state index contributed by atoms with van der Waals surface area (Å²) in [7, 11) is 4.21. The molecule has 0 aliphatic carbocycles. The summed E-state index contributed by atoms with van der Waals surface area (Å²) in [5, 5.41) is 21.4. The minimum atomic E-state index is -5.08. The highest BCUT2D eigenvalue weighted by molar-refractivity contribution is 5.73. The standard InChI is InChI=1S/C17H27N3O2.3C2HF3O2/c1-19(2)12-16-6-7-17(22-16)13-20(9-10-21-14-17)11-15-5-3-4-8-18-15;3*3-2(4,5)1(6)7/h3-5,8,16H,6-7,9-14H2,1-2H3;3*(H,6,7). The average molecular weight is 647 g/mol.